The first-order chi connectivity index (χ1) is 7.56. The molecule has 3 nitrogen and oxygen atoms in total. The van der Waals surface area contributed by atoms with Crippen molar-refractivity contribution in [2.75, 3.05) is 0 Å². The SMILES string of the molecule is CC(=O)Oc1ccc2cc(C(C)=O)sc2c1. The van der Waals surface area contributed by atoms with Crippen molar-refractivity contribution in [3.05, 3.63) is 29.1 Å². The van der Waals surface area contributed by atoms with Crippen molar-refractivity contribution in [2.24, 2.45) is 0 Å². The van der Waals surface area contributed by atoms with Crippen LogP contribution in [-0.4, -0.2) is 11.8 Å². The number of benzene rings is 1. The van der Waals surface area contributed by atoms with Crippen molar-refractivity contribution in [1.29, 1.82) is 0 Å². The number of thiophene rings is 1. The van der Waals surface area contributed by atoms with Crippen molar-refractivity contribution in [2.45, 2.75) is 13.8 Å². The molecule has 0 bridgehead atoms. The van der Waals surface area contributed by atoms with Crippen LogP contribution in [0.5, 0.6) is 5.75 Å². The molecule has 1 heterocycles. The summed E-state index contributed by atoms with van der Waals surface area (Å²) in [6.45, 7) is 2.90. The van der Waals surface area contributed by atoms with E-state index in [1.165, 1.54) is 25.2 Å². The van der Waals surface area contributed by atoms with Crippen LogP contribution < -0.4 is 4.74 Å². The third kappa shape index (κ3) is 2.12. The van der Waals surface area contributed by atoms with E-state index in [4.69, 9.17) is 4.74 Å². The molecule has 0 fully saturated rings. The van der Waals surface area contributed by atoms with Crippen molar-refractivity contribution < 1.29 is 14.3 Å². The summed E-state index contributed by atoms with van der Waals surface area (Å²) in [6.07, 6.45) is 0. The van der Waals surface area contributed by atoms with E-state index in [2.05, 4.69) is 0 Å². The Morgan fingerprint density at radius 2 is 1.94 bits per heavy atom. The molecule has 0 aliphatic heterocycles. The summed E-state index contributed by atoms with van der Waals surface area (Å²) in [5.74, 6) is 0.217. The Kier molecular flexibility index (Phi) is 2.75. The lowest BCUT2D eigenvalue weighted by atomic mass is 10.2. The third-order valence-electron chi connectivity index (χ3n) is 2.10. The predicted molar refractivity (Wildman–Crippen MR) is 63.1 cm³/mol. The number of carbonyl (C=O) groups is 2. The maximum atomic E-state index is 11.2. The number of Topliss-reactive ketones (excluding diaryl/α,β-unsaturated/α-hetero) is 1. The zero-order chi connectivity index (χ0) is 11.7. The fourth-order valence-corrected chi connectivity index (χ4v) is 2.40. The van der Waals surface area contributed by atoms with Gasteiger partial charge in [-0.2, -0.15) is 0 Å². The zero-order valence-electron chi connectivity index (χ0n) is 8.94. The molecule has 0 spiro atoms. The van der Waals surface area contributed by atoms with Crippen molar-refractivity contribution in [1.82, 2.24) is 0 Å². The molecule has 0 amide bonds. The summed E-state index contributed by atoms with van der Waals surface area (Å²) in [4.78, 5) is 22.7. The first-order valence-electron chi connectivity index (χ1n) is 4.79. The van der Waals surface area contributed by atoms with Crippen molar-refractivity contribution in [3.63, 3.8) is 0 Å². The summed E-state index contributed by atoms with van der Waals surface area (Å²) >= 11 is 1.41. The molecule has 1 aromatic carbocycles. The van der Waals surface area contributed by atoms with Gasteiger partial charge in [-0.25, -0.2) is 0 Å². The van der Waals surface area contributed by atoms with Crippen LogP contribution in [0.4, 0.5) is 0 Å². The van der Waals surface area contributed by atoms with Gasteiger partial charge in [0.2, 0.25) is 0 Å². The predicted octanol–water partition coefficient (Wildman–Crippen LogP) is 3.03. The Hall–Kier alpha value is -1.68. The molecule has 1 aromatic heterocycles. The van der Waals surface area contributed by atoms with Gasteiger partial charge in [0.25, 0.3) is 0 Å². The molecule has 16 heavy (non-hydrogen) atoms. The highest BCUT2D eigenvalue weighted by Crippen LogP contribution is 2.29. The van der Waals surface area contributed by atoms with Crippen LogP contribution in [0.15, 0.2) is 24.3 Å². The molecule has 0 N–H and O–H groups in total. The number of hydrogen-bond acceptors (Lipinski definition) is 4. The summed E-state index contributed by atoms with van der Waals surface area (Å²) < 4.78 is 5.92. The highest BCUT2D eigenvalue weighted by molar-refractivity contribution is 7.20. The van der Waals surface area contributed by atoms with Crippen LogP contribution in [0.2, 0.25) is 0 Å². The average molecular weight is 234 g/mol. The molecule has 0 aliphatic carbocycles. The highest BCUT2D eigenvalue weighted by Gasteiger charge is 2.07. The minimum absolute atomic E-state index is 0.0511. The molecule has 0 saturated heterocycles. The largest absolute Gasteiger partial charge is 0.427 e. The van der Waals surface area contributed by atoms with Gasteiger partial charge in [-0.3, -0.25) is 9.59 Å². The fraction of sp³-hybridized carbons (Fsp3) is 0.167. The van der Waals surface area contributed by atoms with Crippen molar-refractivity contribution in [3.8, 4) is 5.75 Å². The van der Waals surface area contributed by atoms with Crippen LogP contribution in [0.1, 0.15) is 23.5 Å². The summed E-state index contributed by atoms with van der Waals surface area (Å²) in [5, 5.41) is 0.992. The average Bonchev–Trinajstić information content (AvgIpc) is 2.59. The van der Waals surface area contributed by atoms with E-state index >= 15 is 0 Å². The number of ketones is 1. The second kappa shape index (κ2) is 4.06. The second-order valence-corrected chi connectivity index (χ2v) is 4.54. The lowest BCUT2D eigenvalue weighted by Crippen LogP contribution is -2.00. The van der Waals surface area contributed by atoms with Gasteiger partial charge in [0.05, 0.1) is 4.88 Å². The zero-order valence-corrected chi connectivity index (χ0v) is 9.76. The fourth-order valence-electron chi connectivity index (χ4n) is 1.41. The van der Waals surface area contributed by atoms with Crippen LogP contribution in [0.25, 0.3) is 10.1 Å². The molecular weight excluding hydrogens is 224 g/mol. The minimum Gasteiger partial charge on any atom is -0.427 e. The van der Waals surface area contributed by atoms with Gasteiger partial charge < -0.3 is 4.74 Å². The van der Waals surface area contributed by atoms with E-state index in [0.717, 1.165) is 15.0 Å². The van der Waals surface area contributed by atoms with E-state index < -0.39 is 0 Å². The number of hydrogen-bond donors (Lipinski definition) is 0. The summed E-state index contributed by atoms with van der Waals surface area (Å²) in [6, 6.07) is 7.19. The summed E-state index contributed by atoms with van der Waals surface area (Å²) in [7, 11) is 0. The molecule has 82 valence electrons. The van der Waals surface area contributed by atoms with E-state index in [9.17, 15) is 9.59 Å². The molecule has 0 radical (unpaired) electrons. The van der Waals surface area contributed by atoms with Gasteiger partial charge in [-0.05, 0) is 36.6 Å². The number of esters is 1. The van der Waals surface area contributed by atoms with Gasteiger partial charge in [0.1, 0.15) is 5.75 Å². The third-order valence-corrected chi connectivity index (χ3v) is 3.30. The number of ether oxygens (including phenoxy) is 1. The maximum absolute atomic E-state index is 11.2. The Labute approximate surface area is 96.6 Å². The smallest absolute Gasteiger partial charge is 0.308 e. The molecule has 4 heteroatoms. The van der Waals surface area contributed by atoms with E-state index in [-0.39, 0.29) is 11.8 Å². The number of carbonyl (C=O) groups excluding carboxylic acids is 2. The quantitative estimate of drug-likeness (QED) is 0.455. The van der Waals surface area contributed by atoms with Gasteiger partial charge in [-0.1, -0.05) is 0 Å². The molecule has 2 rings (SSSR count). The van der Waals surface area contributed by atoms with Gasteiger partial charge in [-0.15, -0.1) is 11.3 Å². The van der Waals surface area contributed by atoms with Gasteiger partial charge >= 0.3 is 5.97 Å². The van der Waals surface area contributed by atoms with Crippen molar-refractivity contribution >= 4 is 33.2 Å². The number of rotatable bonds is 2. The minimum atomic E-state index is -0.345. The van der Waals surface area contributed by atoms with E-state index in [0.29, 0.717) is 5.75 Å². The van der Waals surface area contributed by atoms with Crippen LogP contribution in [-0.2, 0) is 4.79 Å². The Morgan fingerprint density at radius 3 is 2.56 bits per heavy atom. The number of fused-ring (bicyclic) bond motifs is 1. The molecule has 0 unspecified atom stereocenters. The lowest BCUT2D eigenvalue weighted by molar-refractivity contribution is -0.131. The highest BCUT2D eigenvalue weighted by atomic mass is 32.1. The first-order valence-corrected chi connectivity index (χ1v) is 5.61. The van der Waals surface area contributed by atoms with Crippen LogP contribution in [0, 0.1) is 0 Å². The Balaban J connectivity index is 2.45. The normalized spacial score (nSPS) is 10.4. The lowest BCUT2D eigenvalue weighted by Gasteiger charge is -1.99. The molecule has 0 saturated carbocycles. The maximum Gasteiger partial charge on any atom is 0.308 e. The molecule has 2 aromatic rings. The van der Waals surface area contributed by atoms with Gasteiger partial charge in [0.15, 0.2) is 5.78 Å². The first kappa shape index (κ1) is 10.8. The Morgan fingerprint density at radius 1 is 1.19 bits per heavy atom. The molecule has 0 aliphatic rings. The van der Waals surface area contributed by atoms with Crippen LogP contribution >= 0.6 is 11.3 Å². The topological polar surface area (TPSA) is 43.4 Å². The summed E-state index contributed by atoms with van der Waals surface area (Å²) in [5.41, 5.74) is 0. The van der Waals surface area contributed by atoms with Gasteiger partial charge in [0, 0.05) is 11.6 Å². The van der Waals surface area contributed by atoms with Crippen LogP contribution in [0.3, 0.4) is 0 Å². The second-order valence-electron chi connectivity index (χ2n) is 3.46. The standard InChI is InChI=1S/C12H10O3S/c1-7(13)11-5-9-3-4-10(15-8(2)14)6-12(9)16-11/h3-6H,1-2H3. The Bertz CT molecular complexity index is 569. The van der Waals surface area contributed by atoms with E-state index in [1.807, 2.05) is 12.1 Å². The van der Waals surface area contributed by atoms with E-state index in [1.54, 1.807) is 12.1 Å². The molecule has 0 atom stereocenters. The molecular formula is C12H10O3S. The monoisotopic (exact) mass is 234 g/mol.